The molecule has 3 atom stereocenters. The van der Waals surface area contributed by atoms with Crippen LogP contribution in [-0.4, -0.2) is 70.8 Å². The SMILES string of the molecule is CC(=O)NC[C@]1(c2ccccc2)CC[C@@H](O)[C@H](N(C)C(=O)CN2C(=O)CCC2=O)CC1. The number of likely N-dealkylation sites (N-methyl/N-ethyl adjacent to an activating group) is 1. The highest BCUT2D eigenvalue weighted by Crippen LogP contribution is 2.39. The summed E-state index contributed by atoms with van der Waals surface area (Å²) in [7, 11) is 1.62. The van der Waals surface area contributed by atoms with Crippen LogP contribution >= 0.6 is 0 Å². The van der Waals surface area contributed by atoms with Crippen molar-refractivity contribution in [2.45, 2.75) is 63.0 Å². The van der Waals surface area contributed by atoms with Crippen LogP contribution in [0.25, 0.3) is 0 Å². The second-order valence-electron chi connectivity index (χ2n) is 8.65. The molecule has 3 rings (SSSR count). The van der Waals surface area contributed by atoms with Crippen LogP contribution < -0.4 is 5.32 Å². The zero-order valence-corrected chi connectivity index (χ0v) is 18.2. The Morgan fingerprint density at radius 3 is 2.35 bits per heavy atom. The van der Waals surface area contributed by atoms with Gasteiger partial charge in [-0.25, -0.2) is 0 Å². The first-order chi connectivity index (χ1) is 14.7. The first-order valence-electron chi connectivity index (χ1n) is 10.8. The van der Waals surface area contributed by atoms with Crippen molar-refractivity contribution in [2.24, 2.45) is 0 Å². The molecule has 2 aliphatic rings. The van der Waals surface area contributed by atoms with E-state index in [-0.39, 0.29) is 48.4 Å². The molecule has 0 bridgehead atoms. The van der Waals surface area contributed by atoms with Crippen LogP contribution in [0.2, 0.25) is 0 Å². The maximum atomic E-state index is 12.8. The third-order valence-electron chi connectivity index (χ3n) is 6.68. The number of aliphatic hydroxyl groups is 1. The molecule has 1 aliphatic carbocycles. The second-order valence-corrected chi connectivity index (χ2v) is 8.65. The quantitative estimate of drug-likeness (QED) is 0.518. The highest BCUT2D eigenvalue weighted by molar-refractivity contribution is 6.04. The number of carbonyl (C=O) groups excluding carboxylic acids is 4. The fourth-order valence-electron chi connectivity index (χ4n) is 4.69. The molecule has 31 heavy (non-hydrogen) atoms. The van der Waals surface area contributed by atoms with Crippen LogP contribution in [0.3, 0.4) is 0 Å². The van der Waals surface area contributed by atoms with E-state index in [0.29, 0.717) is 32.2 Å². The molecule has 168 valence electrons. The van der Waals surface area contributed by atoms with E-state index in [9.17, 15) is 24.3 Å². The van der Waals surface area contributed by atoms with Crippen molar-refractivity contribution in [3.05, 3.63) is 35.9 Å². The third-order valence-corrected chi connectivity index (χ3v) is 6.68. The van der Waals surface area contributed by atoms with Crippen LogP contribution in [0.15, 0.2) is 30.3 Å². The Morgan fingerprint density at radius 1 is 1.13 bits per heavy atom. The van der Waals surface area contributed by atoms with Gasteiger partial charge in [0.25, 0.3) is 0 Å². The number of amides is 4. The lowest BCUT2D eigenvalue weighted by Gasteiger charge is -2.34. The van der Waals surface area contributed by atoms with Gasteiger partial charge in [-0.1, -0.05) is 30.3 Å². The topological polar surface area (TPSA) is 107 Å². The van der Waals surface area contributed by atoms with Gasteiger partial charge in [0.1, 0.15) is 6.54 Å². The molecule has 2 fully saturated rings. The Labute approximate surface area is 182 Å². The highest BCUT2D eigenvalue weighted by Gasteiger charge is 2.40. The summed E-state index contributed by atoms with van der Waals surface area (Å²) in [5.41, 5.74) is 0.756. The molecule has 1 aromatic carbocycles. The van der Waals surface area contributed by atoms with Crippen molar-refractivity contribution >= 4 is 23.6 Å². The predicted octanol–water partition coefficient (Wildman–Crippen LogP) is 0.971. The molecule has 1 saturated carbocycles. The van der Waals surface area contributed by atoms with Gasteiger partial charge in [0.15, 0.2) is 0 Å². The lowest BCUT2D eigenvalue weighted by Crippen LogP contribution is -2.48. The minimum absolute atomic E-state index is 0.108. The van der Waals surface area contributed by atoms with Crippen molar-refractivity contribution in [3.63, 3.8) is 0 Å². The molecule has 8 heteroatoms. The van der Waals surface area contributed by atoms with Crippen molar-refractivity contribution in [2.75, 3.05) is 20.1 Å². The molecular formula is C23H31N3O5. The number of imide groups is 1. The van der Waals surface area contributed by atoms with E-state index in [1.54, 1.807) is 7.05 Å². The lowest BCUT2D eigenvalue weighted by molar-refractivity contribution is -0.146. The molecule has 8 nitrogen and oxygen atoms in total. The van der Waals surface area contributed by atoms with Crippen LogP contribution in [0.4, 0.5) is 0 Å². The molecule has 1 aromatic rings. The van der Waals surface area contributed by atoms with Gasteiger partial charge in [0.05, 0.1) is 12.1 Å². The van der Waals surface area contributed by atoms with Gasteiger partial charge in [0, 0.05) is 38.8 Å². The van der Waals surface area contributed by atoms with Crippen LogP contribution in [0.1, 0.15) is 51.0 Å². The Hall–Kier alpha value is -2.74. The number of rotatable bonds is 6. The maximum absolute atomic E-state index is 12.8. The number of hydrogen-bond donors (Lipinski definition) is 2. The molecule has 0 aromatic heterocycles. The van der Waals surface area contributed by atoms with E-state index < -0.39 is 12.1 Å². The zero-order chi connectivity index (χ0) is 22.6. The number of nitrogens with zero attached hydrogens (tertiary/aromatic N) is 2. The van der Waals surface area contributed by atoms with E-state index in [4.69, 9.17) is 0 Å². The van der Waals surface area contributed by atoms with Gasteiger partial charge in [-0.2, -0.15) is 0 Å². The summed E-state index contributed by atoms with van der Waals surface area (Å²) in [5, 5.41) is 13.8. The van der Waals surface area contributed by atoms with E-state index in [0.717, 1.165) is 10.5 Å². The van der Waals surface area contributed by atoms with Crippen molar-refractivity contribution in [1.82, 2.24) is 15.1 Å². The average Bonchev–Trinajstić information content (AvgIpc) is 2.97. The van der Waals surface area contributed by atoms with Crippen LogP contribution in [0, 0.1) is 0 Å². The average molecular weight is 430 g/mol. The van der Waals surface area contributed by atoms with Gasteiger partial charge in [-0.15, -0.1) is 0 Å². The number of benzene rings is 1. The largest absolute Gasteiger partial charge is 0.391 e. The first-order valence-corrected chi connectivity index (χ1v) is 10.8. The van der Waals surface area contributed by atoms with Gasteiger partial charge in [-0.3, -0.25) is 24.1 Å². The molecule has 2 N–H and O–H groups in total. The van der Waals surface area contributed by atoms with Gasteiger partial charge in [0.2, 0.25) is 23.6 Å². The van der Waals surface area contributed by atoms with E-state index in [1.165, 1.54) is 11.8 Å². The summed E-state index contributed by atoms with van der Waals surface area (Å²) in [6, 6.07) is 9.51. The maximum Gasteiger partial charge on any atom is 0.242 e. The number of hydrogen-bond acceptors (Lipinski definition) is 5. The van der Waals surface area contributed by atoms with Crippen LogP contribution in [-0.2, 0) is 24.6 Å². The normalized spacial score (nSPS) is 26.5. The molecule has 1 aliphatic heterocycles. The Bertz CT molecular complexity index is 827. The monoisotopic (exact) mass is 429 g/mol. The molecule has 0 unspecified atom stereocenters. The molecule has 1 saturated heterocycles. The van der Waals surface area contributed by atoms with Gasteiger partial charge >= 0.3 is 0 Å². The third kappa shape index (κ3) is 5.12. The number of carbonyl (C=O) groups is 4. The summed E-state index contributed by atoms with van der Waals surface area (Å²) in [5.74, 6) is -1.12. The molecular weight excluding hydrogens is 398 g/mol. The first kappa shape index (κ1) is 22.9. The summed E-state index contributed by atoms with van der Waals surface area (Å²) in [6.07, 6.45) is 1.91. The van der Waals surface area contributed by atoms with Gasteiger partial charge in [-0.05, 0) is 31.2 Å². The Morgan fingerprint density at radius 2 is 1.74 bits per heavy atom. The zero-order valence-electron chi connectivity index (χ0n) is 18.2. The van der Waals surface area contributed by atoms with E-state index in [2.05, 4.69) is 5.32 Å². The Kier molecular flexibility index (Phi) is 7.10. The predicted molar refractivity (Wildman–Crippen MR) is 114 cm³/mol. The summed E-state index contributed by atoms with van der Waals surface area (Å²) >= 11 is 0. The van der Waals surface area contributed by atoms with Crippen molar-refractivity contribution in [3.8, 4) is 0 Å². The van der Waals surface area contributed by atoms with Crippen molar-refractivity contribution in [1.29, 1.82) is 0 Å². The fourth-order valence-corrected chi connectivity index (χ4v) is 4.69. The number of nitrogens with one attached hydrogen (secondary N) is 1. The Balaban J connectivity index is 1.75. The summed E-state index contributed by atoms with van der Waals surface area (Å²) in [6.45, 7) is 1.66. The van der Waals surface area contributed by atoms with Gasteiger partial charge < -0.3 is 15.3 Å². The minimum Gasteiger partial charge on any atom is -0.391 e. The fraction of sp³-hybridized carbons (Fsp3) is 0.565. The lowest BCUT2D eigenvalue weighted by atomic mass is 9.74. The molecule has 0 spiro atoms. The number of aliphatic hydroxyl groups excluding tert-OH is 1. The minimum atomic E-state index is -0.734. The smallest absolute Gasteiger partial charge is 0.242 e. The van der Waals surface area contributed by atoms with E-state index >= 15 is 0 Å². The molecule has 1 heterocycles. The van der Waals surface area contributed by atoms with Crippen LogP contribution in [0.5, 0.6) is 0 Å². The standard InChI is InChI=1S/C23H31N3O5/c1-16(27)24-15-23(17-6-4-3-5-7-17)12-10-18(19(28)11-13-23)25(2)22(31)14-26-20(29)8-9-21(26)30/h3-7,18-19,28H,8-15H2,1-2H3,(H,24,27)/t18-,19-,23-/m1/s1. The second kappa shape index (κ2) is 9.60. The van der Waals surface area contributed by atoms with E-state index in [1.807, 2.05) is 30.3 Å². The summed E-state index contributed by atoms with van der Waals surface area (Å²) < 4.78 is 0. The summed E-state index contributed by atoms with van der Waals surface area (Å²) in [4.78, 5) is 50.6. The highest BCUT2D eigenvalue weighted by atomic mass is 16.3. The van der Waals surface area contributed by atoms with Crippen molar-refractivity contribution < 1.29 is 24.3 Å². The number of likely N-dealkylation sites (tertiary alicyclic amines) is 1. The molecule has 0 radical (unpaired) electrons. The molecule has 4 amide bonds.